The molecular weight excluding hydrogens is 1220 g/mol. The molecule has 0 fully saturated rings. The van der Waals surface area contributed by atoms with Gasteiger partial charge in [0.15, 0.2) is 12.2 Å². The van der Waals surface area contributed by atoms with Crippen LogP contribution in [0, 0.1) is 11.8 Å². The van der Waals surface area contributed by atoms with Crippen molar-refractivity contribution in [2.45, 2.75) is 374 Å². The second-order valence-corrected chi connectivity index (χ2v) is 29.9. The van der Waals surface area contributed by atoms with Crippen molar-refractivity contribution in [3.8, 4) is 0 Å². The molecule has 0 radical (unpaired) electrons. The van der Waals surface area contributed by atoms with Crippen molar-refractivity contribution in [2.75, 3.05) is 39.6 Å². The molecule has 0 heterocycles. The van der Waals surface area contributed by atoms with E-state index in [0.717, 1.165) is 127 Å². The third-order valence-corrected chi connectivity index (χ3v) is 18.5. The van der Waals surface area contributed by atoms with E-state index >= 15 is 0 Å². The van der Waals surface area contributed by atoms with Crippen LogP contribution in [-0.2, 0) is 65.4 Å². The zero-order valence-electron chi connectivity index (χ0n) is 60.0. The molecule has 17 nitrogen and oxygen atoms in total. The third-order valence-electron chi connectivity index (χ3n) is 16.6. The van der Waals surface area contributed by atoms with Gasteiger partial charge in [0.25, 0.3) is 0 Å². The topological polar surface area (TPSA) is 237 Å². The summed E-state index contributed by atoms with van der Waals surface area (Å²) in [5.41, 5.74) is 0. The quantitative estimate of drug-likeness (QED) is 0.0169. The van der Waals surface area contributed by atoms with Crippen molar-refractivity contribution < 1.29 is 80.2 Å². The van der Waals surface area contributed by atoms with Crippen LogP contribution in [0.25, 0.3) is 0 Å². The largest absolute Gasteiger partial charge is 0.472 e. The first kappa shape index (κ1) is 90.5. The van der Waals surface area contributed by atoms with Gasteiger partial charge in [-0.1, -0.05) is 303 Å². The lowest BCUT2D eigenvalue weighted by Crippen LogP contribution is -2.30. The van der Waals surface area contributed by atoms with Gasteiger partial charge in [0.05, 0.1) is 26.4 Å². The predicted molar refractivity (Wildman–Crippen MR) is 377 cm³/mol. The van der Waals surface area contributed by atoms with E-state index in [1.165, 1.54) is 148 Å². The molecule has 548 valence electrons. The Morgan fingerprint density at radius 2 is 0.581 bits per heavy atom. The summed E-state index contributed by atoms with van der Waals surface area (Å²) in [4.78, 5) is 72.6. The van der Waals surface area contributed by atoms with Gasteiger partial charge in [0.1, 0.15) is 19.3 Å². The molecule has 0 aromatic heterocycles. The van der Waals surface area contributed by atoms with Gasteiger partial charge in [-0.2, -0.15) is 0 Å². The van der Waals surface area contributed by atoms with Crippen molar-refractivity contribution in [3.05, 3.63) is 24.3 Å². The lowest BCUT2D eigenvalue weighted by atomic mass is 10.0. The van der Waals surface area contributed by atoms with E-state index in [-0.39, 0.29) is 25.7 Å². The van der Waals surface area contributed by atoms with Crippen LogP contribution in [0.4, 0.5) is 0 Å². The maximum atomic E-state index is 13.1. The smallest absolute Gasteiger partial charge is 0.462 e. The van der Waals surface area contributed by atoms with Crippen LogP contribution in [0.2, 0.25) is 0 Å². The standard InChI is InChI=1S/C74H140O17P2/c1-7-9-11-13-15-17-18-19-21-25-28-33-39-45-51-57-72(77)85-63-70(90-73(78)58-52-46-40-34-29-26-23-20-22-24-27-31-36-42-48-54-66(3)4)65-89-93(82,83)87-61-68(75)60-86-92(80,81)88-64-69(62-84-71(76)56-50-44-38-16-14-12-10-8-2)91-74(79)59-53-47-41-35-30-32-37-43-49-55-67(5)6/h17-19,21,66-70,75H,7-16,20,22-65H2,1-6H3,(H,80,81)(H,82,83)/b18-17-,21-19-/t68-,69+,70+/m0/s1. The number of hydrogen-bond donors (Lipinski definition) is 3. The minimum atomic E-state index is -4.96. The number of carbonyl (C=O) groups is 4. The minimum Gasteiger partial charge on any atom is -0.462 e. The van der Waals surface area contributed by atoms with Crippen LogP contribution in [0.5, 0.6) is 0 Å². The fraction of sp³-hybridized carbons (Fsp3) is 0.892. The molecule has 93 heavy (non-hydrogen) atoms. The number of aliphatic hydroxyl groups is 1. The molecule has 0 rings (SSSR count). The first-order chi connectivity index (χ1) is 44.9. The third kappa shape index (κ3) is 67.9. The molecule has 0 aliphatic heterocycles. The number of esters is 4. The molecule has 0 aliphatic carbocycles. The highest BCUT2D eigenvalue weighted by Gasteiger charge is 2.30. The van der Waals surface area contributed by atoms with Crippen LogP contribution < -0.4 is 0 Å². The average Bonchev–Trinajstić information content (AvgIpc) is 1.54. The molecule has 2 unspecified atom stereocenters. The molecule has 19 heteroatoms. The van der Waals surface area contributed by atoms with E-state index in [1.807, 2.05) is 0 Å². The summed E-state index contributed by atoms with van der Waals surface area (Å²) in [5, 5.41) is 10.6. The lowest BCUT2D eigenvalue weighted by Gasteiger charge is -2.21. The molecule has 5 atom stereocenters. The van der Waals surface area contributed by atoms with Crippen molar-refractivity contribution in [1.82, 2.24) is 0 Å². The van der Waals surface area contributed by atoms with Crippen molar-refractivity contribution in [3.63, 3.8) is 0 Å². The Labute approximate surface area is 567 Å². The molecule has 0 aromatic carbocycles. The monoisotopic (exact) mass is 1360 g/mol. The van der Waals surface area contributed by atoms with E-state index in [2.05, 4.69) is 65.8 Å². The van der Waals surface area contributed by atoms with E-state index in [4.69, 9.17) is 37.0 Å². The molecule has 0 saturated carbocycles. The zero-order chi connectivity index (χ0) is 68.6. The van der Waals surface area contributed by atoms with Crippen LogP contribution in [0.1, 0.15) is 356 Å². The Hall–Kier alpha value is -2.46. The van der Waals surface area contributed by atoms with Gasteiger partial charge in [0.2, 0.25) is 0 Å². The fourth-order valence-corrected chi connectivity index (χ4v) is 12.3. The highest BCUT2D eigenvalue weighted by atomic mass is 31.2. The summed E-state index contributed by atoms with van der Waals surface area (Å²) in [6.45, 7) is 9.48. The first-order valence-corrected chi connectivity index (χ1v) is 40.8. The molecule has 0 bridgehead atoms. The maximum Gasteiger partial charge on any atom is 0.472 e. The molecule has 0 aromatic rings. The number of ether oxygens (including phenoxy) is 4. The van der Waals surface area contributed by atoms with E-state index in [1.54, 1.807) is 0 Å². The summed E-state index contributed by atoms with van der Waals surface area (Å²) >= 11 is 0. The predicted octanol–water partition coefficient (Wildman–Crippen LogP) is 21.1. The normalized spacial score (nSPS) is 14.2. The Morgan fingerprint density at radius 1 is 0.333 bits per heavy atom. The second kappa shape index (κ2) is 65.5. The number of aliphatic hydroxyl groups excluding tert-OH is 1. The zero-order valence-corrected chi connectivity index (χ0v) is 61.8. The van der Waals surface area contributed by atoms with Gasteiger partial charge >= 0.3 is 39.5 Å². The van der Waals surface area contributed by atoms with Crippen LogP contribution in [0.3, 0.4) is 0 Å². The van der Waals surface area contributed by atoms with Gasteiger partial charge in [-0.15, -0.1) is 0 Å². The Kier molecular flexibility index (Phi) is 63.7. The second-order valence-electron chi connectivity index (χ2n) is 27.0. The SMILES string of the molecule is CCCCCC/C=C\C=C/CCCCCCCC(=O)OC[C@H](COP(=O)(O)OC[C@@H](O)COP(=O)(O)OC[C@@H](COC(=O)CCCCCCCCCC)OC(=O)CCCCCCCCCCCC(C)C)OC(=O)CCCCCCCCCCCCCCCCCC(C)C. The van der Waals surface area contributed by atoms with Crippen molar-refractivity contribution in [2.24, 2.45) is 11.8 Å². The van der Waals surface area contributed by atoms with E-state index in [0.29, 0.717) is 25.7 Å². The number of phosphoric ester groups is 2. The molecule has 0 aliphatic rings. The minimum absolute atomic E-state index is 0.101. The summed E-state index contributed by atoms with van der Waals surface area (Å²) in [6.07, 6.45) is 55.0. The van der Waals surface area contributed by atoms with Gasteiger partial charge < -0.3 is 33.8 Å². The van der Waals surface area contributed by atoms with Crippen LogP contribution in [-0.4, -0.2) is 96.7 Å². The Balaban J connectivity index is 5.25. The number of hydrogen-bond acceptors (Lipinski definition) is 15. The average molecular weight is 1360 g/mol. The highest BCUT2D eigenvalue weighted by Crippen LogP contribution is 2.45. The molecule has 0 amide bonds. The lowest BCUT2D eigenvalue weighted by molar-refractivity contribution is -0.161. The maximum absolute atomic E-state index is 13.1. The molecule has 0 saturated heterocycles. The van der Waals surface area contributed by atoms with Gasteiger partial charge in [-0.3, -0.25) is 37.3 Å². The summed E-state index contributed by atoms with van der Waals surface area (Å²) in [6, 6.07) is 0. The Morgan fingerprint density at radius 3 is 0.882 bits per heavy atom. The van der Waals surface area contributed by atoms with Crippen LogP contribution in [0.15, 0.2) is 24.3 Å². The van der Waals surface area contributed by atoms with Crippen LogP contribution >= 0.6 is 15.6 Å². The van der Waals surface area contributed by atoms with Gasteiger partial charge in [-0.25, -0.2) is 9.13 Å². The summed E-state index contributed by atoms with van der Waals surface area (Å²) in [5.74, 6) is -0.616. The number of carbonyl (C=O) groups excluding carboxylic acids is 4. The summed E-state index contributed by atoms with van der Waals surface area (Å²) in [7, 11) is -9.92. The number of allylic oxidation sites excluding steroid dienone is 4. The van der Waals surface area contributed by atoms with Crippen molar-refractivity contribution in [1.29, 1.82) is 0 Å². The Bertz CT molecular complexity index is 1900. The molecule has 0 spiro atoms. The fourth-order valence-electron chi connectivity index (χ4n) is 10.8. The van der Waals surface area contributed by atoms with E-state index in [9.17, 15) is 43.2 Å². The molecular formula is C74H140O17P2. The number of unbranched alkanes of at least 4 members (excludes halogenated alkanes) is 38. The highest BCUT2D eigenvalue weighted by molar-refractivity contribution is 7.47. The molecule has 3 N–H and O–H groups in total. The first-order valence-electron chi connectivity index (χ1n) is 37.8. The van der Waals surface area contributed by atoms with Crippen molar-refractivity contribution >= 4 is 39.5 Å². The van der Waals surface area contributed by atoms with Gasteiger partial charge in [0, 0.05) is 25.7 Å². The van der Waals surface area contributed by atoms with Gasteiger partial charge in [-0.05, 0) is 63.2 Å². The van der Waals surface area contributed by atoms with E-state index < -0.39 is 97.5 Å². The summed E-state index contributed by atoms with van der Waals surface area (Å²) < 4.78 is 68.3. The number of phosphoric acid groups is 2. The number of rotatable bonds is 71.